The van der Waals surface area contributed by atoms with E-state index in [4.69, 9.17) is 11.6 Å². The summed E-state index contributed by atoms with van der Waals surface area (Å²) < 4.78 is 0. The van der Waals surface area contributed by atoms with E-state index in [1.54, 1.807) is 0 Å². The van der Waals surface area contributed by atoms with Crippen LogP contribution in [0.3, 0.4) is 0 Å². The van der Waals surface area contributed by atoms with Gasteiger partial charge in [-0.2, -0.15) is 0 Å². The first-order valence-corrected chi connectivity index (χ1v) is 9.28. The third-order valence-corrected chi connectivity index (χ3v) is 4.38. The number of halogens is 1. The van der Waals surface area contributed by atoms with Crippen LogP contribution in [-0.4, -0.2) is 36.5 Å². The Morgan fingerprint density at radius 3 is 2.43 bits per heavy atom. The summed E-state index contributed by atoms with van der Waals surface area (Å²) >= 11 is 5.98. The zero-order valence-electron chi connectivity index (χ0n) is 15.8. The molecule has 0 radical (unpaired) electrons. The molecule has 0 unspecified atom stereocenters. The van der Waals surface area contributed by atoms with Gasteiger partial charge in [0.05, 0.1) is 5.56 Å². The molecule has 0 saturated heterocycles. The summed E-state index contributed by atoms with van der Waals surface area (Å²) in [7, 11) is 3.94. The van der Waals surface area contributed by atoms with Crippen molar-refractivity contribution in [1.29, 1.82) is 0 Å². The molecule has 0 aliphatic heterocycles. The van der Waals surface area contributed by atoms with Crippen LogP contribution in [-0.2, 0) is 6.42 Å². The molecular formula is C21H22ClN5O. The van der Waals surface area contributed by atoms with Crippen molar-refractivity contribution >= 4 is 34.8 Å². The Morgan fingerprint density at radius 2 is 1.79 bits per heavy atom. The van der Waals surface area contributed by atoms with E-state index in [-0.39, 0.29) is 5.91 Å². The Hall–Kier alpha value is -3.12. The standard InChI is InChI=1S/C21H22ClN5O/c1-27(2)19-8-6-18(7-9-19)26-20(28)16-13-24-21(25-14-16)23-11-10-15-4-3-5-17(22)12-15/h3-9,12-14H,10-11H2,1-2H3,(H,26,28)(H,23,24,25). The van der Waals surface area contributed by atoms with E-state index in [9.17, 15) is 4.79 Å². The zero-order chi connectivity index (χ0) is 19.9. The van der Waals surface area contributed by atoms with Gasteiger partial charge in [-0.1, -0.05) is 23.7 Å². The lowest BCUT2D eigenvalue weighted by atomic mass is 10.1. The van der Waals surface area contributed by atoms with E-state index in [2.05, 4.69) is 20.6 Å². The first-order valence-electron chi connectivity index (χ1n) is 8.90. The number of hydrogen-bond acceptors (Lipinski definition) is 5. The van der Waals surface area contributed by atoms with E-state index < -0.39 is 0 Å². The molecule has 0 atom stereocenters. The number of anilines is 3. The molecule has 0 spiro atoms. The number of carbonyl (C=O) groups is 1. The number of amides is 1. The van der Waals surface area contributed by atoms with E-state index in [1.165, 1.54) is 12.4 Å². The van der Waals surface area contributed by atoms with Gasteiger partial charge in [0.15, 0.2) is 0 Å². The molecule has 2 N–H and O–H groups in total. The summed E-state index contributed by atoms with van der Waals surface area (Å²) in [5.41, 5.74) is 3.32. The number of carbonyl (C=O) groups excluding carboxylic acids is 1. The molecule has 3 rings (SSSR count). The molecule has 0 saturated carbocycles. The highest BCUT2D eigenvalue weighted by Crippen LogP contribution is 2.16. The second-order valence-corrected chi connectivity index (χ2v) is 6.93. The van der Waals surface area contributed by atoms with Crippen molar-refractivity contribution in [1.82, 2.24) is 9.97 Å². The number of nitrogens with zero attached hydrogens (tertiary/aromatic N) is 3. The zero-order valence-corrected chi connectivity index (χ0v) is 16.6. The highest BCUT2D eigenvalue weighted by molar-refractivity contribution is 6.30. The molecule has 6 nitrogen and oxygen atoms in total. The monoisotopic (exact) mass is 395 g/mol. The predicted octanol–water partition coefficient (Wildman–Crippen LogP) is 4.10. The topological polar surface area (TPSA) is 70.2 Å². The van der Waals surface area contributed by atoms with Gasteiger partial charge < -0.3 is 15.5 Å². The molecule has 0 fully saturated rings. The summed E-state index contributed by atoms with van der Waals surface area (Å²) in [6.07, 6.45) is 3.82. The molecule has 1 amide bonds. The number of rotatable bonds is 7. The smallest absolute Gasteiger partial charge is 0.258 e. The van der Waals surface area contributed by atoms with E-state index in [1.807, 2.05) is 67.5 Å². The van der Waals surface area contributed by atoms with Gasteiger partial charge in [0.25, 0.3) is 5.91 Å². The fourth-order valence-electron chi connectivity index (χ4n) is 2.59. The van der Waals surface area contributed by atoms with Crippen LogP contribution >= 0.6 is 11.6 Å². The quantitative estimate of drug-likeness (QED) is 0.630. The lowest BCUT2D eigenvalue weighted by Crippen LogP contribution is -2.14. The third-order valence-electron chi connectivity index (χ3n) is 4.14. The third kappa shape index (κ3) is 5.44. The van der Waals surface area contributed by atoms with Crippen LogP contribution in [0.1, 0.15) is 15.9 Å². The molecule has 0 aliphatic carbocycles. The lowest BCUT2D eigenvalue weighted by Gasteiger charge is -2.13. The molecule has 0 aliphatic rings. The molecule has 7 heteroatoms. The summed E-state index contributed by atoms with van der Waals surface area (Å²) in [5, 5.41) is 6.71. The number of hydrogen-bond donors (Lipinski definition) is 2. The highest BCUT2D eigenvalue weighted by Gasteiger charge is 2.08. The highest BCUT2D eigenvalue weighted by atomic mass is 35.5. The van der Waals surface area contributed by atoms with Gasteiger partial charge in [0.1, 0.15) is 0 Å². The largest absolute Gasteiger partial charge is 0.378 e. The minimum atomic E-state index is -0.247. The minimum Gasteiger partial charge on any atom is -0.378 e. The van der Waals surface area contributed by atoms with Crippen LogP contribution in [0.15, 0.2) is 60.9 Å². The maximum absolute atomic E-state index is 12.3. The summed E-state index contributed by atoms with van der Waals surface area (Å²) in [5.74, 6) is 0.233. The van der Waals surface area contributed by atoms with E-state index in [0.29, 0.717) is 18.1 Å². The van der Waals surface area contributed by atoms with Crippen LogP contribution in [0, 0.1) is 0 Å². The number of benzene rings is 2. The fourth-order valence-corrected chi connectivity index (χ4v) is 2.81. The average molecular weight is 396 g/mol. The molecule has 2 aromatic carbocycles. The Morgan fingerprint density at radius 1 is 1.07 bits per heavy atom. The molecule has 3 aromatic rings. The Balaban J connectivity index is 1.52. The molecular weight excluding hydrogens is 374 g/mol. The van der Waals surface area contributed by atoms with Crippen LogP contribution in [0.5, 0.6) is 0 Å². The predicted molar refractivity (Wildman–Crippen MR) is 114 cm³/mol. The molecule has 28 heavy (non-hydrogen) atoms. The minimum absolute atomic E-state index is 0.247. The van der Waals surface area contributed by atoms with Crippen molar-refractivity contribution in [2.75, 3.05) is 36.2 Å². The summed E-state index contributed by atoms with van der Waals surface area (Å²) in [6.45, 7) is 0.671. The van der Waals surface area contributed by atoms with Crippen LogP contribution in [0.2, 0.25) is 5.02 Å². The second-order valence-electron chi connectivity index (χ2n) is 6.50. The van der Waals surface area contributed by atoms with Crippen LogP contribution in [0.4, 0.5) is 17.3 Å². The first kappa shape index (κ1) is 19.6. The maximum atomic E-state index is 12.3. The van der Waals surface area contributed by atoms with Crippen molar-refractivity contribution in [3.63, 3.8) is 0 Å². The van der Waals surface area contributed by atoms with Crippen molar-refractivity contribution in [3.05, 3.63) is 77.1 Å². The van der Waals surface area contributed by atoms with Crippen molar-refractivity contribution in [2.45, 2.75) is 6.42 Å². The molecule has 1 aromatic heterocycles. The first-order chi connectivity index (χ1) is 13.5. The molecule has 1 heterocycles. The molecule has 0 bridgehead atoms. The van der Waals surface area contributed by atoms with Gasteiger partial charge in [-0.3, -0.25) is 4.79 Å². The second kappa shape index (κ2) is 9.19. The Bertz CT molecular complexity index is 926. The van der Waals surface area contributed by atoms with Crippen LogP contribution in [0.25, 0.3) is 0 Å². The SMILES string of the molecule is CN(C)c1ccc(NC(=O)c2cnc(NCCc3cccc(Cl)c3)nc2)cc1. The number of aromatic nitrogens is 2. The lowest BCUT2D eigenvalue weighted by molar-refractivity contribution is 0.102. The Labute approximate surface area is 169 Å². The summed E-state index contributed by atoms with van der Waals surface area (Å²) in [4.78, 5) is 22.8. The van der Waals surface area contributed by atoms with Gasteiger partial charge >= 0.3 is 0 Å². The average Bonchev–Trinajstić information content (AvgIpc) is 2.69. The maximum Gasteiger partial charge on any atom is 0.258 e. The van der Waals surface area contributed by atoms with Gasteiger partial charge in [0, 0.05) is 49.4 Å². The van der Waals surface area contributed by atoms with E-state index >= 15 is 0 Å². The van der Waals surface area contributed by atoms with Crippen molar-refractivity contribution in [2.24, 2.45) is 0 Å². The summed E-state index contributed by atoms with van der Waals surface area (Å²) in [6, 6.07) is 15.3. The normalized spacial score (nSPS) is 10.4. The van der Waals surface area contributed by atoms with Gasteiger partial charge in [-0.15, -0.1) is 0 Å². The van der Waals surface area contributed by atoms with E-state index in [0.717, 1.165) is 28.4 Å². The number of nitrogens with one attached hydrogen (secondary N) is 2. The van der Waals surface area contributed by atoms with Gasteiger partial charge in [0.2, 0.25) is 5.95 Å². The molecule has 144 valence electrons. The van der Waals surface area contributed by atoms with Crippen molar-refractivity contribution < 1.29 is 4.79 Å². The Kier molecular flexibility index (Phi) is 6.45. The fraction of sp³-hybridized carbons (Fsp3) is 0.190. The van der Waals surface area contributed by atoms with Crippen LogP contribution < -0.4 is 15.5 Å². The van der Waals surface area contributed by atoms with Gasteiger partial charge in [-0.05, 0) is 48.4 Å². The van der Waals surface area contributed by atoms with Crippen molar-refractivity contribution in [3.8, 4) is 0 Å². The van der Waals surface area contributed by atoms with Gasteiger partial charge in [-0.25, -0.2) is 9.97 Å².